The van der Waals surface area contributed by atoms with Crippen LogP contribution in [0, 0.1) is 0 Å². The molecule has 2 N–H and O–H groups in total. The third-order valence-corrected chi connectivity index (χ3v) is 4.57. The van der Waals surface area contributed by atoms with Crippen molar-refractivity contribution in [2.45, 2.75) is 19.4 Å². The molecule has 3 nitrogen and oxygen atoms in total. The molecule has 0 amide bonds. The maximum absolute atomic E-state index is 6.21. The lowest BCUT2D eigenvalue weighted by Gasteiger charge is -2.32. The molecule has 1 aromatic carbocycles. The zero-order chi connectivity index (χ0) is 15.1. The number of halogens is 2. The van der Waals surface area contributed by atoms with Gasteiger partial charge in [0.25, 0.3) is 0 Å². The fourth-order valence-corrected chi connectivity index (χ4v) is 2.69. The molecule has 0 bridgehead atoms. The quantitative estimate of drug-likeness (QED) is 0.769. The molecule has 1 unspecified atom stereocenters. The summed E-state index contributed by atoms with van der Waals surface area (Å²) in [6, 6.07) is 6.34. The van der Waals surface area contributed by atoms with Crippen molar-refractivity contribution in [3.8, 4) is 0 Å². The molecule has 0 saturated heterocycles. The molecule has 0 aliphatic rings. The molecule has 20 heavy (non-hydrogen) atoms. The molecule has 1 rings (SSSR count). The second-order valence-electron chi connectivity index (χ2n) is 5.26. The molecule has 114 valence electrons. The van der Waals surface area contributed by atoms with E-state index in [9.17, 15) is 0 Å². The van der Waals surface area contributed by atoms with E-state index < -0.39 is 0 Å². The van der Waals surface area contributed by atoms with Crippen LogP contribution in [0.15, 0.2) is 22.7 Å². The van der Waals surface area contributed by atoms with Crippen LogP contribution in [-0.2, 0) is 0 Å². The minimum atomic E-state index is 0.223. The first-order valence-corrected chi connectivity index (χ1v) is 8.20. The van der Waals surface area contributed by atoms with Crippen LogP contribution in [0.2, 0.25) is 5.02 Å². The summed E-state index contributed by atoms with van der Waals surface area (Å²) in [6.07, 6.45) is 1.12. The highest BCUT2D eigenvalue weighted by Gasteiger charge is 2.19. The van der Waals surface area contributed by atoms with Gasteiger partial charge in [-0.2, -0.15) is 0 Å². The van der Waals surface area contributed by atoms with Crippen molar-refractivity contribution in [2.24, 2.45) is 5.73 Å². The van der Waals surface area contributed by atoms with E-state index in [1.54, 1.807) is 0 Å². The van der Waals surface area contributed by atoms with Gasteiger partial charge in [0, 0.05) is 30.1 Å². The number of nitrogens with two attached hydrogens (primary N) is 1. The Hall–Kier alpha value is -0.130. The number of rotatable bonds is 8. The van der Waals surface area contributed by atoms with Gasteiger partial charge in [-0.25, -0.2) is 0 Å². The highest BCUT2D eigenvalue weighted by atomic mass is 79.9. The number of benzene rings is 1. The van der Waals surface area contributed by atoms with Gasteiger partial charge in [-0.05, 0) is 60.7 Å². The Morgan fingerprint density at radius 3 is 2.45 bits per heavy atom. The first-order chi connectivity index (χ1) is 9.49. The Kier molecular flexibility index (Phi) is 8.07. The maximum Gasteiger partial charge on any atom is 0.0551 e. The summed E-state index contributed by atoms with van der Waals surface area (Å²) in [7, 11) is 4.19. The van der Waals surface area contributed by atoms with E-state index in [0.29, 0.717) is 6.54 Å². The number of likely N-dealkylation sites (N-methyl/N-ethyl adjacent to an activating group) is 1. The number of nitrogens with zero attached hydrogens (tertiary/aromatic N) is 2. The summed E-state index contributed by atoms with van der Waals surface area (Å²) in [5.41, 5.74) is 7.21. The van der Waals surface area contributed by atoms with E-state index in [4.69, 9.17) is 17.3 Å². The van der Waals surface area contributed by atoms with Crippen molar-refractivity contribution in [2.75, 3.05) is 40.3 Å². The number of hydrogen-bond donors (Lipinski definition) is 1. The van der Waals surface area contributed by atoms with E-state index in [1.165, 1.54) is 5.56 Å². The molecule has 1 atom stereocenters. The van der Waals surface area contributed by atoms with E-state index >= 15 is 0 Å². The van der Waals surface area contributed by atoms with E-state index in [1.807, 2.05) is 12.1 Å². The molecule has 0 aliphatic heterocycles. The third-order valence-electron chi connectivity index (χ3n) is 3.34. The van der Waals surface area contributed by atoms with E-state index in [-0.39, 0.29) is 6.04 Å². The van der Waals surface area contributed by atoms with Crippen molar-refractivity contribution in [3.05, 3.63) is 33.3 Å². The zero-order valence-electron chi connectivity index (χ0n) is 12.6. The van der Waals surface area contributed by atoms with Gasteiger partial charge in [0.05, 0.1) is 5.02 Å². The summed E-state index contributed by atoms with van der Waals surface area (Å²) in [5, 5.41) is 0.741. The molecule has 0 fully saturated rings. The summed E-state index contributed by atoms with van der Waals surface area (Å²) >= 11 is 9.64. The second-order valence-corrected chi connectivity index (χ2v) is 6.53. The van der Waals surface area contributed by atoms with Gasteiger partial charge in [0.1, 0.15) is 0 Å². The van der Waals surface area contributed by atoms with Crippen molar-refractivity contribution < 1.29 is 0 Å². The van der Waals surface area contributed by atoms with Crippen LogP contribution in [-0.4, -0.2) is 50.1 Å². The predicted molar refractivity (Wildman–Crippen MR) is 91.4 cm³/mol. The monoisotopic (exact) mass is 361 g/mol. The van der Waals surface area contributed by atoms with Gasteiger partial charge in [0.2, 0.25) is 0 Å². The minimum Gasteiger partial charge on any atom is -0.329 e. The first kappa shape index (κ1) is 17.9. The Morgan fingerprint density at radius 2 is 1.95 bits per heavy atom. The Bertz CT molecular complexity index is 412. The molecule has 0 spiro atoms. The second kappa shape index (κ2) is 9.00. The average Bonchev–Trinajstić information content (AvgIpc) is 2.40. The Balaban J connectivity index is 2.90. The van der Waals surface area contributed by atoms with E-state index in [2.05, 4.69) is 52.8 Å². The van der Waals surface area contributed by atoms with Crippen LogP contribution in [0.5, 0.6) is 0 Å². The van der Waals surface area contributed by atoms with Gasteiger partial charge >= 0.3 is 0 Å². The molecule has 0 radical (unpaired) electrons. The molecule has 0 heterocycles. The van der Waals surface area contributed by atoms with Crippen molar-refractivity contribution >= 4 is 27.5 Å². The van der Waals surface area contributed by atoms with Crippen LogP contribution in [0.3, 0.4) is 0 Å². The average molecular weight is 363 g/mol. The fraction of sp³-hybridized carbons (Fsp3) is 0.600. The van der Waals surface area contributed by atoms with Gasteiger partial charge in [-0.3, -0.25) is 4.90 Å². The molecular formula is C15H25BrClN3. The van der Waals surface area contributed by atoms with Crippen LogP contribution >= 0.6 is 27.5 Å². The molecule has 0 saturated carbocycles. The zero-order valence-corrected chi connectivity index (χ0v) is 14.9. The van der Waals surface area contributed by atoms with Crippen LogP contribution in [0.4, 0.5) is 0 Å². The molecule has 0 aromatic heterocycles. The number of hydrogen-bond acceptors (Lipinski definition) is 3. The topological polar surface area (TPSA) is 32.5 Å². The lowest BCUT2D eigenvalue weighted by molar-refractivity contribution is 0.182. The minimum absolute atomic E-state index is 0.223. The van der Waals surface area contributed by atoms with Crippen LogP contribution in [0.1, 0.15) is 24.9 Å². The largest absolute Gasteiger partial charge is 0.329 e. The third kappa shape index (κ3) is 5.34. The highest BCUT2D eigenvalue weighted by molar-refractivity contribution is 9.10. The summed E-state index contributed by atoms with van der Waals surface area (Å²) in [5.74, 6) is 0. The fourth-order valence-electron chi connectivity index (χ4n) is 2.25. The Morgan fingerprint density at radius 1 is 1.25 bits per heavy atom. The molecule has 5 heteroatoms. The normalized spacial score (nSPS) is 13.2. The molecule has 1 aromatic rings. The van der Waals surface area contributed by atoms with Gasteiger partial charge in [0.15, 0.2) is 0 Å². The van der Waals surface area contributed by atoms with Crippen LogP contribution in [0.25, 0.3) is 0 Å². The first-order valence-electron chi connectivity index (χ1n) is 7.03. The summed E-state index contributed by atoms with van der Waals surface area (Å²) < 4.78 is 0.925. The SMILES string of the molecule is CCCN(CCN(C)C)C(CN)c1ccc(Br)c(Cl)c1. The highest BCUT2D eigenvalue weighted by Crippen LogP contribution is 2.28. The summed E-state index contributed by atoms with van der Waals surface area (Å²) in [6.45, 7) is 5.89. The lowest BCUT2D eigenvalue weighted by Crippen LogP contribution is -2.38. The van der Waals surface area contributed by atoms with Gasteiger partial charge in [-0.1, -0.05) is 24.6 Å². The van der Waals surface area contributed by atoms with Crippen molar-refractivity contribution in [3.63, 3.8) is 0 Å². The van der Waals surface area contributed by atoms with Crippen molar-refractivity contribution in [1.29, 1.82) is 0 Å². The summed E-state index contributed by atoms with van der Waals surface area (Å²) in [4.78, 5) is 4.64. The molecular weight excluding hydrogens is 338 g/mol. The van der Waals surface area contributed by atoms with Crippen molar-refractivity contribution in [1.82, 2.24) is 9.80 Å². The Labute approximate surface area is 136 Å². The van der Waals surface area contributed by atoms with Gasteiger partial charge in [-0.15, -0.1) is 0 Å². The van der Waals surface area contributed by atoms with E-state index in [0.717, 1.165) is 35.6 Å². The van der Waals surface area contributed by atoms with Crippen LogP contribution < -0.4 is 5.73 Å². The standard InChI is InChI=1S/C15H25BrClN3/c1-4-7-20(9-8-19(2)3)15(11-18)12-5-6-13(16)14(17)10-12/h5-6,10,15H,4,7-9,11,18H2,1-3H3. The lowest BCUT2D eigenvalue weighted by atomic mass is 10.0. The molecule has 0 aliphatic carbocycles. The predicted octanol–water partition coefficient (Wildman–Crippen LogP) is 3.38. The smallest absolute Gasteiger partial charge is 0.0551 e. The maximum atomic E-state index is 6.21. The van der Waals surface area contributed by atoms with Gasteiger partial charge < -0.3 is 10.6 Å².